The van der Waals surface area contributed by atoms with Gasteiger partial charge < -0.3 is 16.0 Å². The molecule has 4 rings (SSSR count). The van der Waals surface area contributed by atoms with E-state index in [1.54, 1.807) is 6.20 Å². The molecule has 3 aromatic heterocycles. The summed E-state index contributed by atoms with van der Waals surface area (Å²) in [6.07, 6.45) is 4.88. The summed E-state index contributed by atoms with van der Waals surface area (Å²) >= 11 is 1.51. The SMILES string of the molecule is Cc1cc2nc(N[C@@H](C)c3cncc(F)c3)nc(C(=O)NCC3CCNCC3)c2s1. The van der Waals surface area contributed by atoms with Crippen molar-refractivity contribution in [2.75, 3.05) is 25.0 Å². The molecule has 0 bridgehead atoms. The first-order chi connectivity index (χ1) is 14.5. The molecule has 1 aliphatic rings. The summed E-state index contributed by atoms with van der Waals surface area (Å²) in [5, 5.41) is 9.56. The number of anilines is 1. The average Bonchev–Trinajstić information content (AvgIpc) is 3.12. The topological polar surface area (TPSA) is 91.8 Å². The van der Waals surface area contributed by atoms with Gasteiger partial charge in [-0.15, -0.1) is 11.3 Å². The predicted molar refractivity (Wildman–Crippen MR) is 116 cm³/mol. The molecule has 0 unspecified atom stereocenters. The number of nitrogens with zero attached hydrogens (tertiary/aromatic N) is 3. The quantitative estimate of drug-likeness (QED) is 0.557. The van der Waals surface area contributed by atoms with E-state index in [1.165, 1.54) is 17.4 Å². The van der Waals surface area contributed by atoms with Gasteiger partial charge in [0.2, 0.25) is 5.95 Å². The average molecular weight is 429 g/mol. The number of thiophene rings is 1. The van der Waals surface area contributed by atoms with Crippen LogP contribution in [-0.4, -0.2) is 40.5 Å². The maximum absolute atomic E-state index is 13.5. The second-order valence-corrected chi connectivity index (χ2v) is 8.93. The van der Waals surface area contributed by atoms with Gasteiger partial charge in [-0.3, -0.25) is 9.78 Å². The number of hydrogen-bond acceptors (Lipinski definition) is 7. The number of carbonyl (C=O) groups excluding carboxylic acids is 1. The highest BCUT2D eigenvalue weighted by Gasteiger charge is 2.20. The molecule has 1 atom stereocenters. The Balaban J connectivity index is 1.56. The highest BCUT2D eigenvalue weighted by Crippen LogP contribution is 2.28. The van der Waals surface area contributed by atoms with Crippen LogP contribution in [0.15, 0.2) is 24.5 Å². The maximum atomic E-state index is 13.5. The van der Waals surface area contributed by atoms with Gasteiger partial charge in [-0.2, -0.15) is 0 Å². The molecule has 1 saturated heterocycles. The summed E-state index contributed by atoms with van der Waals surface area (Å²) in [5.41, 5.74) is 1.78. The van der Waals surface area contributed by atoms with Gasteiger partial charge in [-0.05, 0) is 63.4 Å². The molecule has 0 aliphatic carbocycles. The minimum atomic E-state index is -0.399. The fourth-order valence-electron chi connectivity index (χ4n) is 3.62. The van der Waals surface area contributed by atoms with E-state index in [2.05, 4.69) is 30.9 Å². The fourth-order valence-corrected chi connectivity index (χ4v) is 4.55. The van der Waals surface area contributed by atoms with Crippen LogP contribution in [0.2, 0.25) is 0 Å². The zero-order valence-corrected chi connectivity index (χ0v) is 17.9. The number of carbonyl (C=O) groups is 1. The van der Waals surface area contributed by atoms with Crippen LogP contribution in [0, 0.1) is 18.7 Å². The number of aromatic nitrogens is 3. The number of hydrogen-bond donors (Lipinski definition) is 3. The van der Waals surface area contributed by atoms with Crippen LogP contribution in [0.25, 0.3) is 10.2 Å². The van der Waals surface area contributed by atoms with Crippen LogP contribution in [0.5, 0.6) is 0 Å². The number of halogens is 1. The Bertz CT molecular complexity index is 1050. The third-order valence-corrected chi connectivity index (χ3v) is 6.34. The Morgan fingerprint density at radius 3 is 2.87 bits per heavy atom. The van der Waals surface area contributed by atoms with Crippen molar-refractivity contribution >= 4 is 33.4 Å². The van der Waals surface area contributed by atoms with Crippen LogP contribution >= 0.6 is 11.3 Å². The molecule has 4 heterocycles. The maximum Gasteiger partial charge on any atom is 0.271 e. The minimum absolute atomic E-state index is 0.189. The summed E-state index contributed by atoms with van der Waals surface area (Å²) in [6, 6.07) is 3.10. The van der Waals surface area contributed by atoms with Crippen LogP contribution in [0.4, 0.5) is 10.3 Å². The highest BCUT2D eigenvalue weighted by atomic mass is 32.1. The number of fused-ring (bicyclic) bond motifs is 1. The molecule has 158 valence electrons. The molecular formula is C21H25FN6OS. The second-order valence-electron chi connectivity index (χ2n) is 7.67. The van der Waals surface area contributed by atoms with E-state index >= 15 is 0 Å². The Labute approximate surface area is 178 Å². The fraction of sp³-hybridized carbons (Fsp3) is 0.429. The Morgan fingerprint density at radius 2 is 2.10 bits per heavy atom. The van der Waals surface area contributed by atoms with Crippen molar-refractivity contribution in [3.05, 3.63) is 46.5 Å². The van der Waals surface area contributed by atoms with Crippen molar-refractivity contribution in [3.8, 4) is 0 Å². The lowest BCUT2D eigenvalue weighted by Crippen LogP contribution is -2.36. The number of piperidine rings is 1. The first kappa shape index (κ1) is 20.6. The summed E-state index contributed by atoms with van der Waals surface area (Å²) in [4.78, 5) is 27.0. The number of nitrogens with one attached hydrogen (secondary N) is 3. The van der Waals surface area contributed by atoms with E-state index in [9.17, 15) is 9.18 Å². The Hall–Kier alpha value is -2.65. The van der Waals surface area contributed by atoms with Gasteiger partial charge in [0.05, 0.1) is 22.5 Å². The van der Waals surface area contributed by atoms with Gasteiger partial charge in [0.25, 0.3) is 5.91 Å². The van der Waals surface area contributed by atoms with E-state index in [1.807, 2.05) is 19.9 Å². The third kappa shape index (κ3) is 4.73. The number of amides is 1. The number of rotatable bonds is 6. The number of pyridine rings is 1. The van der Waals surface area contributed by atoms with Crippen LogP contribution < -0.4 is 16.0 Å². The largest absolute Gasteiger partial charge is 0.350 e. The zero-order valence-electron chi connectivity index (χ0n) is 17.0. The smallest absolute Gasteiger partial charge is 0.271 e. The lowest BCUT2D eigenvalue weighted by atomic mass is 9.98. The zero-order chi connectivity index (χ0) is 21.1. The Morgan fingerprint density at radius 1 is 1.30 bits per heavy atom. The molecule has 1 fully saturated rings. The second kappa shape index (κ2) is 9.01. The molecule has 3 aromatic rings. The van der Waals surface area contributed by atoms with E-state index in [4.69, 9.17) is 0 Å². The molecular weight excluding hydrogens is 403 g/mol. The third-order valence-electron chi connectivity index (χ3n) is 5.29. The molecule has 0 radical (unpaired) electrons. The molecule has 7 nitrogen and oxygen atoms in total. The summed E-state index contributed by atoms with van der Waals surface area (Å²) < 4.78 is 14.3. The van der Waals surface area contributed by atoms with Crippen LogP contribution in [0.1, 0.15) is 46.7 Å². The van der Waals surface area contributed by atoms with Gasteiger partial charge in [0.1, 0.15) is 5.82 Å². The van der Waals surface area contributed by atoms with Crippen molar-refractivity contribution in [2.45, 2.75) is 32.7 Å². The molecule has 30 heavy (non-hydrogen) atoms. The molecule has 1 amide bonds. The van der Waals surface area contributed by atoms with E-state index < -0.39 is 5.82 Å². The predicted octanol–water partition coefficient (Wildman–Crippen LogP) is 3.44. The van der Waals surface area contributed by atoms with Crippen molar-refractivity contribution in [1.82, 2.24) is 25.6 Å². The molecule has 9 heteroatoms. The molecule has 0 aromatic carbocycles. The molecule has 0 saturated carbocycles. The van der Waals surface area contributed by atoms with Crippen molar-refractivity contribution in [1.29, 1.82) is 0 Å². The molecule has 0 spiro atoms. The molecule has 1 aliphatic heterocycles. The lowest BCUT2D eigenvalue weighted by molar-refractivity contribution is 0.0941. The first-order valence-electron chi connectivity index (χ1n) is 10.1. The van der Waals surface area contributed by atoms with Gasteiger partial charge in [-0.25, -0.2) is 14.4 Å². The van der Waals surface area contributed by atoms with Gasteiger partial charge >= 0.3 is 0 Å². The van der Waals surface area contributed by atoms with E-state index in [0.29, 0.717) is 29.7 Å². The van der Waals surface area contributed by atoms with Gasteiger partial charge in [0, 0.05) is 17.6 Å². The first-order valence-corrected chi connectivity index (χ1v) is 11.0. The number of aryl methyl sites for hydroxylation is 1. The minimum Gasteiger partial charge on any atom is -0.350 e. The van der Waals surface area contributed by atoms with Crippen molar-refractivity contribution in [2.24, 2.45) is 5.92 Å². The van der Waals surface area contributed by atoms with Crippen LogP contribution in [0.3, 0.4) is 0 Å². The summed E-state index contributed by atoms with van der Waals surface area (Å²) in [7, 11) is 0. The van der Waals surface area contributed by atoms with E-state index in [-0.39, 0.29) is 11.9 Å². The highest BCUT2D eigenvalue weighted by molar-refractivity contribution is 7.19. The van der Waals surface area contributed by atoms with Crippen molar-refractivity contribution < 1.29 is 9.18 Å². The van der Waals surface area contributed by atoms with Crippen molar-refractivity contribution in [3.63, 3.8) is 0 Å². The van der Waals surface area contributed by atoms with Gasteiger partial charge in [-0.1, -0.05) is 0 Å². The summed E-state index contributed by atoms with van der Waals surface area (Å²) in [5.74, 6) is 0.231. The van der Waals surface area contributed by atoms with E-state index in [0.717, 1.165) is 47.2 Å². The van der Waals surface area contributed by atoms with Gasteiger partial charge in [0.15, 0.2) is 5.69 Å². The lowest BCUT2D eigenvalue weighted by Gasteiger charge is -2.22. The standard InChI is InChI=1S/C21H25FN6OS/c1-12-7-17-19(30-12)18(20(29)25-9-14-3-5-23-6-4-14)28-21(27-17)26-13(2)15-8-16(22)11-24-10-15/h7-8,10-11,13-14,23H,3-6,9H2,1-2H3,(H,25,29)(H,26,27,28)/t13-/m0/s1. The molecule has 3 N–H and O–H groups in total. The summed E-state index contributed by atoms with van der Waals surface area (Å²) in [6.45, 7) is 6.48. The Kier molecular flexibility index (Phi) is 6.19. The monoisotopic (exact) mass is 428 g/mol. The normalized spacial score (nSPS) is 15.8. The van der Waals surface area contributed by atoms with Crippen LogP contribution in [-0.2, 0) is 0 Å².